The summed E-state index contributed by atoms with van der Waals surface area (Å²) < 4.78 is 1.72. The van der Waals surface area contributed by atoms with Gasteiger partial charge in [-0.2, -0.15) is 14.9 Å². The van der Waals surface area contributed by atoms with Crippen LogP contribution in [0.1, 0.15) is 11.3 Å². The first-order chi connectivity index (χ1) is 11.7. The maximum Gasteiger partial charge on any atom is 0.200 e. The Morgan fingerprint density at radius 2 is 1.92 bits per heavy atom. The minimum atomic E-state index is 0.582. The largest absolute Gasteiger partial charge is 0.365 e. The second-order valence-corrected chi connectivity index (χ2v) is 5.76. The fraction of sp³-hybridized carbons (Fsp3) is 0.312. The van der Waals surface area contributed by atoms with Gasteiger partial charge in [-0.05, 0) is 25.1 Å². The van der Waals surface area contributed by atoms with Crippen LogP contribution in [0.15, 0.2) is 30.7 Å². The first kappa shape index (κ1) is 14.4. The zero-order chi connectivity index (χ0) is 16.5. The molecule has 0 aromatic carbocycles. The van der Waals surface area contributed by atoms with Gasteiger partial charge in [0.25, 0.3) is 0 Å². The van der Waals surface area contributed by atoms with Crippen LogP contribution in [0.25, 0.3) is 5.65 Å². The molecule has 0 atom stereocenters. The highest BCUT2D eigenvalue weighted by molar-refractivity contribution is 5.68. The third kappa shape index (κ3) is 2.50. The molecule has 0 aliphatic carbocycles. The molecule has 24 heavy (non-hydrogen) atoms. The Balaban J connectivity index is 1.53. The molecule has 0 spiro atoms. The summed E-state index contributed by atoms with van der Waals surface area (Å²) >= 11 is 0. The number of fused-ring (bicyclic) bond motifs is 1. The molecule has 1 saturated heterocycles. The predicted octanol–water partition coefficient (Wildman–Crippen LogP) is 1.03. The third-order valence-electron chi connectivity index (χ3n) is 4.19. The van der Waals surface area contributed by atoms with Gasteiger partial charge in [-0.3, -0.25) is 0 Å². The molecule has 8 heteroatoms. The number of hydrogen-bond acceptors (Lipinski definition) is 7. The summed E-state index contributed by atoms with van der Waals surface area (Å²) in [5, 5.41) is 21.4. The van der Waals surface area contributed by atoms with Gasteiger partial charge >= 0.3 is 0 Å². The Bertz CT molecular complexity index is 900. The lowest BCUT2D eigenvalue weighted by atomic mass is 10.2. The summed E-state index contributed by atoms with van der Waals surface area (Å²) in [6, 6.07) is 7.86. The fourth-order valence-electron chi connectivity index (χ4n) is 2.98. The summed E-state index contributed by atoms with van der Waals surface area (Å²) in [6.07, 6.45) is 3.25. The normalized spacial score (nSPS) is 14.8. The summed E-state index contributed by atoms with van der Waals surface area (Å²) in [5.41, 5.74) is 3.37. The molecular formula is C16H16N8. The van der Waals surface area contributed by atoms with Crippen molar-refractivity contribution in [1.29, 1.82) is 5.26 Å². The van der Waals surface area contributed by atoms with Gasteiger partial charge in [-0.25, -0.2) is 4.98 Å². The lowest BCUT2D eigenvalue weighted by Crippen LogP contribution is -2.47. The van der Waals surface area contributed by atoms with Crippen LogP contribution >= 0.6 is 0 Å². The van der Waals surface area contributed by atoms with Gasteiger partial charge in [0.2, 0.25) is 5.65 Å². The highest BCUT2D eigenvalue weighted by Gasteiger charge is 2.21. The van der Waals surface area contributed by atoms with E-state index in [1.807, 2.05) is 13.0 Å². The van der Waals surface area contributed by atoms with Crippen LogP contribution in [-0.4, -0.2) is 51.0 Å². The number of rotatable bonds is 2. The molecule has 0 radical (unpaired) electrons. The van der Waals surface area contributed by atoms with Crippen molar-refractivity contribution in [1.82, 2.24) is 24.8 Å². The molecule has 0 unspecified atom stereocenters. The number of piperazine rings is 1. The SMILES string of the molecule is Cc1cc(N2CCN(c3ccc(C#N)cn3)CC2)c2nncn2n1. The second-order valence-electron chi connectivity index (χ2n) is 5.76. The number of anilines is 2. The molecule has 3 aromatic rings. The van der Waals surface area contributed by atoms with E-state index in [0.717, 1.165) is 49.0 Å². The molecule has 0 saturated carbocycles. The zero-order valence-electron chi connectivity index (χ0n) is 13.3. The van der Waals surface area contributed by atoms with Crippen LogP contribution in [0.3, 0.4) is 0 Å². The number of hydrogen-bond donors (Lipinski definition) is 0. The van der Waals surface area contributed by atoms with Crippen molar-refractivity contribution >= 4 is 17.2 Å². The van der Waals surface area contributed by atoms with Gasteiger partial charge in [0, 0.05) is 32.4 Å². The topological polar surface area (TPSA) is 86.2 Å². The maximum atomic E-state index is 8.86. The van der Waals surface area contributed by atoms with Crippen LogP contribution in [0.4, 0.5) is 11.5 Å². The van der Waals surface area contributed by atoms with Gasteiger partial charge in [-0.1, -0.05) is 0 Å². The van der Waals surface area contributed by atoms with Gasteiger partial charge < -0.3 is 9.80 Å². The van der Waals surface area contributed by atoms with Crippen LogP contribution < -0.4 is 9.80 Å². The van der Waals surface area contributed by atoms with Crippen molar-refractivity contribution in [2.45, 2.75) is 6.92 Å². The number of nitriles is 1. The molecule has 0 bridgehead atoms. The molecule has 8 nitrogen and oxygen atoms in total. The smallest absolute Gasteiger partial charge is 0.200 e. The molecule has 3 aromatic heterocycles. The molecule has 4 rings (SSSR count). The Labute approximate surface area is 139 Å². The monoisotopic (exact) mass is 320 g/mol. The van der Waals surface area contributed by atoms with Crippen LogP contribution in [0, 0.1) is 18.3 Å². The molecular weight excluding hydrogens is 304 g/mol. The Kier molecular flexibility index (Phi) is 3.46. The average Bonchev–Trinajstić information content (AvgIpc) is 3.09. The number of aryl methyl sites for hydroxylation is 1. The van der Waals surface area contributed by atoms with E-state index in [1.165, 1.54) is 0 Å². The van der Waals surface area contributed by atoms with Crippen molar-refractivity contribution in [3.63, 3.8) is 0 Å². The van der Waals surface area contributed by atoms with Crippen LogP contribution in [-0.2, 0) is 0 Å². The van der Waals surface area contributed by atoms with E-state index in [4.69, 9.17) is 5.26 Å². The van der Waals surface area contributed by atoms with E-state index in [1.54, 1.807) is 23.1 Å². The fourth-order valence-corrected chi connectivity index (χ4v) is 2.98. The number of pyridine rings is 1. The van der Waals surface area contributed by atoms with E-state index in [-0.39, 0.29) is 0 Å². The summed E-state index contributed by atoms with van der Waals surface area (Å²) in [5.74, 6) is 0.909. The average molecular weight is 320 g/mol. The number of nitrogens with zero attached hydrogens (tertiary/aromatic N) is 8. The first-order valence-corrected chi connectivity index (χ1v) is 7.78. The summed E-state index contributed by atoms with van der Waals surface area (Å²) in [7, 11) is 0. The molecule has 0 N–H and O–H groups in total. The molecule has 120 valence electrons. The highest BCUT2D eigenvalue weighted by atomic mass is 15.4. The van der Waals surface area contributed by atoms with E-state index >= 15 is 0 Å². The maximum absolute atomic E-state index is 8.86. The Hall–Kier alpha value is -3.21. The minimum Gasteiger partial charge on any atom is -0.365 e. The molecule has 1 aliphatic heterocycles. The van der Waals surface area contributed by atoms with E-state index in [9.17, 15) is 0 Å². The van der Waals surface area contributed by atoms with E-state index < -0.39 is 0 Å². The van der Waals surface area contributed by atoms with Crippen LogP contribution in [0.5, 0.6) is 0 Å². The van der Waals surface area contributed by atoms with Gasteiger partial charge in [0.05, 0.1) is 16.9 Å². The summed E-state index contributed by atoms with van der Waals surface area (Å²) in [4.78, 5) is 8.91. The summed E-state index contributed by atoms with van der Waals surface area (Å²) in [6.45, 7) is 5.43. The first-order valence-electron chi connectivity index (χ1n) is 7.78. The standard InChI is InChI=1S/C16H16N8/c1-12-8-14(16-20-19-11-24(16)21-12)22-4-6-23(7-5-22)15-3-2-13(9-17)10-18-15/h2-3,8,10-11H,4-7H2,1H3. The minimum absolute atomic E-state index is 0.582. The highest BCUT2D eigenvalue weighted by Crippen LogP contribution is 2.23. The Morgan fingerprint density at radius 3 is 2.62 bits per heavy atom. The molecule has 4 heterocycles. The number of aromatic nitrogens is 5. The molecule has 0 amide bonds. The van der Waals surface area contributed by atoms with Crippen molar-refractivity contribution in [3.8, 4) is 6.07 Å². The van der Waals surface area contributed by atoms with Crippen molar-refractivity contribution < 1.29 is 0 Å². The predicted molar refractivity (Wildman–Crippen MR) is 88.9 cm³/mol. The van der Waals surface area contributed by atoms with Gasteiger partial charge in [0.1, 0.15) is 18.2 Å². The van der Waals surface area contributed by atoms with E-state index in [2.05, 4.69) is 42.2 Å². The van der Waals surface area contributed by atoms with Crippen molar-refractivity contribution in [2.75, 3.05) is 36.0 Å². The third-order valence-corrected chi connectivity index (χ3v) is 4.19. The van der Waals surface area contributed by atoms with Crippen molar-refractivity contribution in [2.24, 2.45) is 0 Å². The Morgan fingerprint density at radius 1 is 1.12 bits per heavy atom. The van der Waals surface area contributed by atoms with Gasteiger partial charge in [-0.15, -0.1) is 10.2 Å². The quantitative estimate of drug-likeness (QED) is 0.697. The molecule has 1 aliphatic rings. The van der Waals surface area contributed by atoms with Crippen LogP contribution in [0.2, 0.25) is 0 Å². The second kappa shape index (κ2) is 5.77. The van der Waals surface area contributed by atoms with Gasteiger partial charge in [0.15, 0.2) is 0 Å². The lowest BCUT2D eigenvalue weighted by Gasteiger charge is -2.36. The molecule has 1 fully saturated rings. The zero-order valence-corrected chi connectivity index (χ0v) is 13.3. The van der Waals surface area contributed by atoms with E-state index in [0.29, 0.717) is 5.56 Å². The lowest BCUT2D eigenvalue weighted by molar-refractivity contribution is 0.646. The van der Waals surface area contributed by atoms with Crippen molar-refractivity contribution in [3.05, 3.63) is 42.0 Å².